The molecule has 3 aliphatic carbocycles. The van der Waals surface area contributed by atoms with Crippen molar-refractivity contribution in [3.05, 3.63) is 0 Å². The number of ether oxygens (including phenoxy) is 2. The van der Waals surface area contributed by atoms with Crippen molar-refractivity contribution in [3.63, 3.8) is 0 Å². The molecule has 3 rings (SSSR count). The highest BCUT2D eigenvalue weighted by atomic mass is 31.2. The number of carbonyl (C=O) groups is 3. The van der Waals surface area contributed by atoms with Gasteiger partial charge in [0, 0.05) is 12.8 Å². The molecular weight excluding hydrogens is 575 g/mol. The molecule has 3 aliphatic rings. The van der Waals surface area contributed by atoms with Crippen molar-refractivity contribution in [2.75, 3.05) is 13.0 Å². The molecule has 0 heterocycles. The summed E-state index contributed by atoms with van der Waals surface area (Å²) in [6, 6.07) is 0. The predicted octanol–water partition coefficient (Wildman–Crippen LogP) is 5.91. The molecule has 248 valence electrons. The maximum atomic E-state index is 12.3. The van der Waals surface area contributed by atoms with Crippen molar-refractivity contribution in [1.82, 2.24) is 0 Å². The summed E-state index contributed by atoms with van der Waals surface area (Å²) in [5, 5.41) is 19.4. The van der Waals surface area contributed by atoms with Crippen LogP contribution in [0, 0.1) is 46.8 Å². The van der Waals surface area contributed by atoms with E-state index < -0.39 is 44.4 Å². The molecule has 0 spiro atoms. The van der Waals surface area contributed by atoms with Gasteiger partial charge in [-0.1, -0.05) is 33.6 Å². The molecule has 0 aromatic heterocycles. The third kappa shape index (κ3) is 10.5. The molecule has 10 nitrogen and oxygen atoms in total. The van der Waals surface area contributed by atoms with Crippen molar-refractivity contribution in [3.8, 4) is 0 Å². The number of aliphatic hydroxyl groups is 1. The first-order chi connectivity index (χ1) is 20.2. The highest BCUT2D eigenvalue weighted by molar-refractivity contribution is 7.51. The SMILES string of the molecule is CCCCC1C(C2CCC([C@H](C)CCC(=O)OCOC(=O)CCC(CP(=O)(O)O)C(=O)O)C2)CC[C@@H]2C[C@H](O)CC[C@]12C. The lowest BCUT2D eigenvalue weighted by atomic mass is 9.49. The maximum absolute atomic E-state index is 12.3. The molecule has 11 heteroatoms. The van der Waals surface area contributed by atoms with Gasteiger partial charge in [-0.05, 0) is 112 Å². The van der Waals surface area contributed by atoms with Gasteiger partial charge in [-0.3, -0.25) is 18.9 Å². The van der Waals surface area contributed by atoms with E-state index in [-0.39, 0.29) is 25.4 Å². The van der Waals surface area contributed by atoms with Gasteiger partial charge in [-0.2, -0.15) is 0 Å². The van der Waals surface area contributed by atoms with Gasteiger partial charge < -0.3 is 29.5 Å². The Morgan fingerprint density at radius 3 is 2.28 bits per heavy atom. The molecule has 0 amide bonds. The van der Waals surface area contributed by atoms with Crippen LogP contribution in [0.15, 0.2) is 0 Å². The summed E-state index contributed by atoms with van der Waals surface area (Å²) in [6.07, 6.45) is 12.3. The first-order valence-electron chi connectivity index (χ1n) is 16.5. The van der Waals surface area contributed by atoms with E-state index in [9.17, 15) is 24.1 Å². The number of rotatable bonds is 16. The summed E-state index contributed by atoms with van der Waals surface area (Å²) in [7, 11) is -4.53. The number of aliphatic hydroxyl groups excluding tert-OH is 1. The van der Waals surface area contributed by atoms with Crippen molar-refractivity contribution >= 4 is 25.5 Å². The number of hydrogen-bond donors (Lipinski definition) is 4. The largest absolute Gasteiger partial charge is 0.481 e. The number of unbranched alkanes of at least 4 members (excludes halogenated alkanes) is 1. The molecule has 4 N–H and O–H groups in total. The van der Waals surface area contributed by atoms with Crippen LogP contribution in [0.1, 0.15) is 117 Å². The number of aliphatic carboxylic acids is 1. The van der Waals surface area contributed by atoms with E-state index in [0.717, 1.165) is 37.0 Å². The van der Waals surface area contributed by atoms with Crippen LogP contribution in [0.25, 0.3) is 0 Å². The van der Waals surface area contributed by atoms with Crippen LogP contribution in [-0.4, -0.2) is 57.0 Å². The van der Waals surface area contributed by atoms with Gasteiger partial charge in [0.15, 0.2) is 0 Å². The minimum absolute atomic E-state index is 0.128. The summed E-state index contributed by atoms with van der Waals surface area (Å²) in [5.41, 5.74) is 0.342. The van der Waals surface area contributed by atoms with Crippen LogP contribution in [0.4, 0.5) is 0 Å². The van der Waals surface area contributed by atoms with Crippen molar-refractivity contribution in [2.24, 2.45) is 46.8 Å². The summed E-state index contributed by atoms with van der Waals surface area (Å²) >= 11 is 0. The number of fused-ring (bicyclic) bond motifs is 1. The second kappa shape index (κ2) is 16.2. The summed E-state index contributed by atoms with van der Waals surface area (Å²) in [6.45, 7) is 6.45. The van der Waals surface area contributed by atoms with Gasteiger partial charge in [0.2, 0.25) is 6.79 Å². The molecule has 0 saturated heterocycles. The Hall–Kier alpha value is -1.48. The van der Waals surface area contributed by atoms with E-state index in [1.807, 2.05) is 0 Å². The lowest BCUT2D eigenvalue weighted by Gasteiger charge is -2.56. The minimum atomic E-state index is -4.53. The zero-order valence-electron chi connectivity index (χ0n) is 26.3. The second-order valence-corrected chi connectivity index (χ2v) is 15.7. The van der Waals surface area contributed by atoms with Crippen LogP contribution in [0.3, 0.4) is 0 Å². The van der Waals surface area contributed by atoms with Gasteiger partial charge in [0.05, 0.1) is 18.2 Å². The van der Waals surface area contributed by atoms with Gasteiger partial charge in [0.1, 0.15) is 0 Å². The highest BCUT2D eigenvalue weighted by Gasteiger charge is 2.52. The molecule has 3 fully saturated rings. The lowest BCUT2D eigenvalue weighted by Crippen LogP contribution is -2.49. The highest BCUT2D eigenvalue weighted by Crippen LogP contribution is 2.60. The fourth-order valence-corrected chi connectivity index (χ4v) is 9.58. The molecule has 0 aliphatic heterocycles. The van der Waals surface area contributed by atoms with E-state index >= 15 is 0 Å². The first kappa shape index (κ1) is 36.0. The van der Waals surface area contributed by atoms with E-state index in [4.69, 9.17) is 24.4 Å². The van der Waals surface area contributed by atoms with Crippen LogP contribution < -0.4 is 0 Å². The molecular formula is C32H55O10P. The van der Waals surface area contributed by atoms with E-state index in [1.54, 1.807) is 0 Å². The van der Waals surface area contributed by atoms with Crippen LogP contribution in [-0.2, 0) is 28.4 Å². The Bertz CT molecular complexity index is 981. The molecule has 0 aromatic carbocycles. The smallest absolute Gasteiger partial charge is 0.326 e. The van der Waals surface area contributed by atoms with E-state index in [0.29, 0.717) is 29.6 Å². The van der Waals surface area contributed by atoms with Crippen LogP contribution in [0.2, 0.25) is 0 Å². The van der Waals surface area contributed by atoms with Gasteiger partial charge in [-0.15, -0.1) is 0 Å². The Labute approximate surface area is 256 Å². The Morgan fingerprint density at radius 2 is 1.65 bits per heavy atom. The van der Waals surface area contributed by atoms with Gasteiger partial charge >= 0.3 is 25.5 Å². The van der Waals surface area contributed by atoms with Gasteiger partial charge in [0.25, 0.3) is 0 Å². The number of esters is 2. The van der Waals surface area contributed by atoms with Crippen LogP contribution >= 0.6 is 7.60 Å². The van der Waals surface area contributed by atoms with Crippen molar-refractivity contribution in [2.45, 2.75) is 123 Å². The number of carbonyl (C=O) groups excluding carboxylic acids is 2. The molecule has 43 heavy (non-hydrogen) atoms. The molecule has 0 aromatic rings. The van der Waals surface area contributed by atoms with E-state index in [2.05, 4.69) is 20.8 Å². The fraction of sp³-hybridized carbons (Fsp3) is 0.906. The molecule has 9 atom stereocenters. The third-order valence-electron chi connectivity index (χ3n) is 11.3. The Morgan fingerprint density at radius 1 is 0.977 bits per heavy atom. The lowest BCUT2D eigenvalue weighted by molar-refractivity contribution is -0.167. The fourth-order valence-electron chi connectivity index (χ4n) is 8.67. The average Bonchev–Trinajstić information content (AvgIpc) is 3.42. The molecule has 0 bridgehead atoms. The number of hydrogen-bond acceptors (Lipinski definition) is 7. The second-order valence-electron chi connectivity index (χ2n) is 14.0. The topological polar surface area (TPSA) is 168 Å². The monoisotopic (exact) mass is 630 g/mol. The van der Waals surface area contributed by atoms with Gasteiger partial charge in [-0.25, -0.2) is 0 Å². The Balaban J connectivity index is 1.40. The van der Waals surface area contributed by atoms with E-state index in [1.165, 1.54) is 51.4 Å². The molecule has 0 radical (unpaired) electrons. The van der Waals surface area contributed by atoms with Crippen molar-refractivity contribution < 1.29 is 48.4 Å². The normalized spacial score (nSPS) is 32.4. The predicted molar refractivity (Wildman–Crippen MR) is 161 cm³/mol. The third-order valence-corrected chi connectivity index (χ3v) is 12.2. The number of carboxylic acid groups (broad SMARTS) is 1. The zero-order chi connectivity index (χ0) is 31.8. The summed E-state index contributed by atoms with van der Waals surface area (Å²) in [5.74, 6) is -0.187. The summed E-state index contributed by atoms with van der Waals surface area (Å²) in [4.78, 5) is 53.4. The van der Waals surface area contributed by atoms with Crippen molar-refractivity contribution in [1.29, 1.82) is 0 Å². The average molecular weight is 631 g/mol. The Kier molecular flexibility index (Phi) is 13.6. The van der Waals surface area contributed by atoms with Crippen LogP contribution in [0.5, 0.6) is 0 Å². The number of carboxylic acids is 1. The standard InChI is InChI=1S/C32H55O10P/c1-4-5-6-28-27(12-11-25-18-26(33)15-16-32(25,28)3)23-9-8-22(17-23)21(2)7-13-29(34)41-20-42-30(35)14-10-24(31(36)37)19-43(38,39)40/h21-28,33H,4-20H2,1-3H3,(H,36,37)(H2,38,39,40)/t21-,22?,23?,24?,25-,26-,27?,28?,32+/m1/s1. The zero-order valence-corrected chi connectivity index (χ0v) is 27.2. The minimum Gasteiger partial charge on any atom is -0.481 e. The molecule has 3 saturated carbocycles. The maximum Gasteiger partial charge on any atom is 0.326 e. The summed E-state index contributed by atoms with van der Waals surface area (Å²) < 4.78 is 21.0. The quantitative estimate of drug-likeness (QED) is 0.0915. The molecule has 5 unspecified atom stereocenters. The first-order valence-corrected chi connectivity index (χ1v) is 18.3.